The van der Waals surface area contributed by atoms with E-state index >= 15 is 0 Å². The first kappa shape index (κ1) is 22.1. The van der Waals surface area contributed by atoms with Crippen molar-refractivity contribution >= 4 is 17.6 Å². The number of carbonyl (C=O) groups excluding carboxylic acids is 2. The molecule has 0 saturated carbocycles. The van der Waals surface area contributed by atoms with Crippen molar-refractivity contribution in [2.45, 2.75) is 33.6 Å². The number of esters is 1. The molecule has 3 aromatic carbocycles. The van der Waals surface area contributed by atoms with Gasteiger partial charge in [0.1, 0.15) is 11.5 Å². The Morgan fingerprint density at radius 3 is 2.23 bits per heavy atom. The van der Waals surface area contributed by atoms with Crippen LogP contribution in [-0.4, -0.2) is 18.5 Å². The maximum absolute atomic E-state index is 12.3. The van der Waals surface area contributed by atoms with Crippen LogP contribution in [0.1, 0.15) is 39.9 Å². The molecular formula is C26H27NO4. The molecule has 5 heteroatoms. The molecule has 0 saturated heterocycles. The summed E-state index contributed by atoms with van der Waals surface area (Å²) < 4.78 is 11.1. The van der Waals surface area contributed by atoms with E-state index in [1.807, 2.05) is 63.2 Å². The second-order valence-corrected chi connectivity index (χ2v) is 7.54. The first-order chi connectivity index (χ1) is 14.9. The van der Waals surface area contributed by atoms with Gasteiger partial charge in [-0.2, -0.15) is 0 Å². The van der Waals surface area contributed by atoms with Crippen LogP contribution >= 0.6 is 0 Å². The maximum Gasteiger partial charge on any atom is 0.311 e. The first-order valence-corrected chi connectivity index (χ1v) is 10.3. The van der Waals surface area contributed by atoms with Crippen molar-refractivity contribution in [3.63, 3.8) is 0 Å². The van der Waals surface area contributed by atoms with Crippen molar-refractivity contribution in [3.05, 3.63) is 89.0 Å². The zero-order valence-corrected chi connectivity index (χ0v) is 18.1. The Morgan fingerprint density at radius 1 is 0.839 bits per heavy atom. The summed E-state index contributed by atoms with van der Waals surface area (Å²) in [4.78, 5) is 24.4. The van der Waals surface area contributed by atoms with Crippen LogP contribution < -0.4 is 14.8 Å². The standard InChI is InChI=1S/C26H27NO4/c1-18-7-12-22(13-8-18)27-26(29)21-10-14-23(15-11-21)31-25(28)5-4-16-30-24-17-19(2)6-9-20(24)3/h6-15,17H,4-5,16H2,1-3H3,(H,27,29). The molecule has 31 heavy (non-hydrogen) atoms. The highest BCUT2D eigenvalue weighted by atomic mass is 16.5. The molecule has 3 rings (SSSR count). The SMILES string of the molecule is Cc1ccc(NC(=O)c2ccc(OC(=O)CCCOc3cc(C)ccc3C)cc2)cc1. The van der Waals surface area contributed by atoms with E-state index in [4.69, 9.17) is 9.47 Å². The van der Waals surface area contributed by atoms with Gasteiger partial charge < -0.3 is 14.8 Å². The number of rotatable bonds is 8. The number of hydrogen-bond acceptors (Lipinski definition) is 4. The minimum absolute atomic E-state index is 0.217. The summed E-state index contributed by atoms with van der Waals surface area (Å²) in [7, 11) is 0. The summed E-state index contributed by atoms with van der Waals surface area (Å²) in [6, 6.07) is 20.1. The van der Waals surface area contributed by atoms with E-state index in [0.29, 0.717) is 24.3 Å². The average Bonchev–Trinajstić information content (AvgIpc) is 2.75. The van der Waals surface area contributed by atoms with E-state index < -0.39 is 0 Å². The lowest BCUT2D eigenvalue weighted by Crippen LogP contribution is -2.12. The largest absolute Gasteiger partial charge is 0.493 e. The summed E-state index contributed by atoms with van der Waals surface area (Å²) >= 11 is 0. The Bertz CT molecular complexity index is 1040. The van der Waals surface area contributed by atoms with E-state index in [2.05, 4.69) is 5.32 Å². The third kappa shape index (κ3) is 6.71. The lowest BCUT2D eigenvalue weighted by molar-refractivity contribution is -0.134. The highest BCUT2D eigenvalue weighted by Crippen LogP contribution is 2.20. The Labute approximate surface area is 183 Å². The maximum atomic E-state index is 12.3. The van der Waals surface area contributed by atoms with Crippen LogP contribution in [0.4, 0.5) is 5.69 Å². The molecule has 5 nitrogen and oxygen atoms in total. The van der Waals surface area contributed by atoms with Gasteiger partial charge in [0, 0.05) is 17.7 Å². The number of amides is 1. The fraction of sp³-hybridized carbons (Fsp3) is 0.231. The number of ether oxygens (including phenoxy) is 2. The van der Waals surface area contributed by atoms with Gasteiger partial charge in [0.15, 0.2) is 0 Å². The fourth-order valence-corrected chi connectivity index (χ4v) is 2.96. The van der Waals surface area contributed by atoms with Crippen molar-refractivity contribution < 1.29 is 19.1 Å². The van der Waals surface area contributed by atoms with Gasteiger partial charge >= 0.3 is 5.97 Å². The van der Waals surface area contributed by atoms with Gasteiger partial charge in [-0.15, -0.1) is 0 Å². The zero-order valence-electron chi connectivity index (χ0n) is 18.1. The summed E-state index contributed by atoms with van der Waals surface area (Å²) in [5, 5.41) is 2.84. The second-order valence-electron chi connectivity index (χ2n) is 7.54. The van der Waals surface area contributed by atoms with Gasteiger partial charge in [-0.1, -0.05) is 29.8 Å². The predicted molar refractivity (Wildman–Crippen MR) is 122 cm³/mol. The molecule has 0 aliphatic carbocycles. The van der Waals surface area contributed by atoms with Crippen LogP contribution in [-0.2, 0) is 4.79 Å². The van der Waals surface area contributed by atoms with Crippen LogP contribution in [0.5, 0.6) is 11.5 Å². The highest BCUT2D eigenvalue weighted by molar-refractivity contribution is 6.04. The van der Waals surface area contributed by atoms with Gasteiger partial charge in [0.2, 0.25) is 0 Å². The minimum atomic E-state index is -0.332. The molecule has 160 valence electrons. The summed E-state index contributed by atoms with van der Waals surface area (Å²) in [5.41, 5.74) is 4.55. The first-order valence-electron chi connectivity index (χ1n) is 10.3. The molecule has 0 atom stereocenters. The molecule has 0 unspecified atom stereocenters. The Morgan fingerprint density at radius 2 is 1.52 bits per heavy atom. The molecule has 0 heterocycles. The normalized spacial score (nSPS) is 10.4. The number of carbonyl (C=O) groups is 2. The Balaban J connectivity index is 1.43. The van der Waals surface area contributed by atoms with Gasteiger partial charge in [-0.25, -0.2) is 0 Å². The number of benzene rings is 3. The molecule has 0 fully saturated rings. The smallest absolute Gasteiger partial charge is 0.311 e. The summed E-state index contributed by atoms with van der Waals surface area (Å²) in [6.45, 7) is 6.44. The number of anilines is 1. The van der Waals surface area contributed by atoms with Crippen molar-refractivity contribution in [1.82, 2.24) is 0 Å². The average molecular weight is 418 g/mol. The lowest BCUT2D eigenvalue weighted by atomic mass is 10.1. The van der Waals surface area contributed by atoms with Crippen LogP contribution in [0, 0.1) is 20.8 Å². The second kappa shape index (κ2) is 10.4. The molecule has 0 spiro atoms. The van der Waals surface area contributed by atoms with Gasteiger partial charge in [0.05, 0.1) is 6.61 Å². The van der Waals surface area contributed by atoms with Crippen LogP contribution in [0.2, 0.25) is 0 Å². The lowest BCUT2D eigenvalue weighted by Gasteiger charge is -2.10. The molecule has 0 radical (unpaired) electrons. The molecule has 1 amide bonds. The van der Waals surface area contributed by atoms with Crippen molar-refractivity contribution in [2.24, 2.45) is 0 Å². The number of aryl methyl sites for hydroxylation is 3. The topological polar surface area (TPSA) is 64.6 Å². The molecule has 0 aliphatic rings. The zero-order chi connectivity index (χ0) is 22.2. The molecule has 0 aliphatic heterocycles. The predicted octanol–water partition coefficient (Wildman–Crippen LogP) is 5.63. The fourth-order valence-electron chi connectivity index (χ4n) is 2.96. The highest BCUT2D eigenvalue weighted by Gasteiger charge is 2.09. The summed E-state index contributed by atoms with van der Waals surface area (Å²) in [5.74, 6) is 0.701. The monoisotopic (exact) mass is 417 g/mol. The van der Waals surface area contributed by atoms with E-state index in [-0.39, 0.29) is 18.3 Å². The number of hydrogen-bond donors (Lipinski definition) is 1. The quantitative estimate of drug-likeness (QED) is 0.293. The molecule has 0 bridgehead atoms. The third-order valence-corrected chi connectivity index (χ3v) is 4.78. The van der Waals surface area contributed by atoms with Crippen LogP contribution in [0.15, 0.2) is 66.7 Å². The molecule has 0 aromatic heterocycles. The van der Waals surface area contributed by atoms with E-state index in [0.717, 1.165) is 28.1 Å². The van der Waals surface area contributed by atoms with Gasteiger partial charge in [0.25, 0.3) is 5.91 Å². The Kier molecular flexibility index (Phi) is 7.44. The van der Waals surface area contributed by atoms with Crippen molar-refractivity contribution in [3.8, 4) is 11.5 Å². The molecule has 3 aromatic rings. The Hall–Kier alpha value is -3.60. The number of nitrogens with one attached hydrogen (secondary N) is 1. The van der Waals surface area contributed by atoms with E-state index in [9.17, 15) is 9.59 Å². The van der Waals surface area contributed by atoms with Crippen LogP contribution in [0.3, 0.4) is 0 Å². The van der Waals surface area contributed by atoms with Crippen molar-refractivity contribution in [1.29, 1.82) is 0 Å². The van der Waals surface area contributed by atoms with Crippen molar-refractivity contribution in [2.75, 3.05) is 11.9 Å². The van der Waals surface area contributed by atoms with E-state index in [1.54, 1.807) is 24.3 Å². The third-order valence-electron chi connectivity index (χ3n) is 4.78. The van der Waals surface area contributed by atoms with Gasteiger partial charge in [-0.3, -0.25) is 9.59 Å². The molecular weight excluding hydrogens is 390 g/mol. The van der Waals surface area contributed by atoms with Crippen LogP contribution in [0.25, 0.3) is 0 Å². The summed E-state index contributed by atoms with van der Waals surface area (Å²) in [6.07, 6.45) is 0.809. The molecule has 1 N–H and O–H groups in total. The minimum Gasteiger partial charge on any atom is -0.493 e. The van der Waals surface area contributed by atoms with E-state index in [1.165, 1.54) is 0 Å². The van der Waals surface area contributed by atoms with Gasteiger partial charge in [-0.05, 0) is 80.8 Å².